The Morgan fingerprint density at radius 2 is 0.939 bits per heavy atom. The first-order valence-electron chi connectivity index (χ1n) is 14.1. The van der Waals surface area contributed by atoms with Crippen molar-refractivity contribution in [1.29, 1.82) is 0 Å². The zero-order valence-corrected chi connectivity index (χ0v) is 23.8. The van der Waals surface area contributed by atoms with Crippen LogP contribution in [0, 0.1) is 0 Å². The maximum Gasteiger partial charge on any atom is 0.378 e. The summed E-state index contributed by atoms with van der Waals surface area (Å²) in [6.07, 6.45) is 32.6. The van der Waals surface area contributed by atoms with Gasteiger partial charge in [0.1, 0.15) is 0 Å². The number of hydrogen-bond acceptors (Lipinski definition) is 2. The molecule has 0 saturated carbocycles. The lowest BCUT2D eigenvalue weighted by atomic mass is 10.0. The smallest absolute Gasteiger partial charge is 0.314 e. The van der Waals surface area contributed by atoms with Crippen molar-refractivity contribution in [3.63, 3.8) is 0 Å². The highest BCUT2D eigenvalue weighted by atomic mass is 31.1. The van der Waals surface area contributed by atoms with Crippen LogP contribution in [0.25, 0.3) is 0 Å². The maximum atomic E-state index is 12.0. The van der Waals surface area contributed by atoms with Gasteiger partial charge >= 0.3 is 7.68 Å². The fraction of sp³-hybridized carbons (Fsp3) is 0.862. The first-order valence-corrected chi connectivity index (χ1v) is 15.3. The van der Waals surface area contributed by atoms with Gasteiger partial charge in [0.2, 0.25) is 5.28 Å². The molecule has 0 aliphatic carbocycles. The van der Waals surface area contributed by atoms with Gasteiger partial charge in [0.25, 0.3) is 0 Å². The second-order valence-electron chi connectivity index (χ2n) is 10.7. The maximum absolute atomic E-state index is 12.0. The predicted molar refractivity (Wildman–Crippen MR) is 146 cm³/mol. The van der Waals surface area contributed by atoms with E-state index in [0.717, 1.165) is 19.3 Å². The summed E-state index contributed by atoms with van der Waals surface area (Å²) in [7, 11) is 3.61. The summed E-state index contributed by atoms with van der Waals surface area (Å²) in [6, 6.07) is 0. The average Bonchev–Trinajstić information content (AvgIpc) is 2.76. The molecule has 194 valence electrons. The van der Waals surface area contributed by atoms with Gasteiger partial charge in [-0.05, 0) is 57.8 Å². The van der Waals surface area contributed by atoms with E-state index >= 15 is 0 Å². The first kappa shape index (κ1) is 32.3. The van der Waals surface area contributed by atoms with Crippen LogP contribution < -0.4 is 0 Å². The number of quaternary nitrogens is 1. The van der Waals surface area contributed by atoms with Crippen molar-refractivity contribution in [2.75, 3.05) is 21.1 Å². The van der Waals surface area contributed by atoms with E-state index in [1.165, 1.54) is 96.3 Å². The molecule has 0 fully saturated rings. The lowest BCUT2D eigenvalue weighted by Gasteiger charge is -2.40. The van der Waals surface area contributed by atoms with Gasteiger partial charge in [0, 0.05) is 12.8 Å². The van der Waals surface area contributed by atoms with Crippen LogP contribution in [0.15, 0.2) is 24.3 Å². The van der Waals surface area contributed by atoms with Crippen LogP contribution in [-0.4, -0.2) is 30.9 Å². The summed E-state index contributed by atoms with van der Waals surface area (Å²) < 4.78 is 24.4. The van der Waals surface area contributed by atoms with E-state index in [9.17, 15) is 9.13 Å². The van der Waals surface area contributed by atoms with Crippen molar-refractivity contribution >= 4 is 7.68 Å². The summed E-state index contributed by atoms with van der Waals surface area (Å²) in [6.45, 7) is 4.28. The van der Waals surface area contributed by atoms with Crippen molar-refractivity contribution in [2.24, 2.45) is 0 Å². The molecule has 4 heteroatoms. The fourth-order valence-electron chi connectivity index (χ4n) is 4.69. The number of allylic oxidation sites excluding steroid dienone is 4. The standard InChI is InChI=1S/C29H57NO2P/c1-6-8-9-10-11-12-13-14-15-16-17-18-19-20-21-22-23-24-25-26-27-28-29(7-2,33(31)32)30(3,4)5/h12-13,18-19H,6-11,14-17,20-28H2,1-5H3/q+1. The van der Waals surface area contributed by atoms with Gasteiger partial charge in [0.15, 0.2) is 0 Å². The zero-order valence-electron chi connectivity index (χ0n) is 23.0. The van der Waals surface area contributed by atoms with Gasteiger partial charge in [-0.3, -0.25) is 0 Å². The van der Waals surface area contributed by atoms with Crippen molar-refractivity contribution in [3.05, 3.63) is 24.3 Å². The second kappa shape index (κ2) is 20.7. The molecule has 0 aromatic carbocycles. The minimum atomic E-state index is -2.42. The zero-order chi connectivity index (χ0) is 24.8. The molecule has 33 heavy (non-hydrogen) atoms. The van der Waals surface area contributed by atoms with E-state index in [1.807, 2.05) is 28.1 Å². The Labute approximate surface area is 207 Å². The topological polar surface area (TPSA) is 34.1 Å². The lowest BCUT2D eigenvalue weighted by Crippen LogP contribution is -2.53. The molecule has 0 N–H and O–H groups in total. The second-order valence-corrected chi connectivity index (χ2v) is 12.0. The largest absolute Gasteiger partial charge is 0.378 e. The third kappa shape index (κ3) is 15.8. The Morgan fingerprint density at radius 3 is 1.30 bits per heavy atom. The Kier molecular flexibility index (Phi) is 20.3. The lowest BCUT2D eigenvalue weighted by molar-refractivity contribution is -0.908. The molecule has 0 radical (unpaired) electrons. The highest BCUT2D eigenvalue weighted by Crippen LogP contribution is 2.43. The fourth-order valence-corrected chi connectivity index (χ4v) is 5.78. The van der Waals surface area contributed by atoms with Crippen molar-refractivity contribution in [1.82, 2.24) is 0 Å². The molecule has 0 spiro atoms. The SMILES string of the molecule is CCCCCCC=CCCCCC=CCCCCCCCCCC(CC)(P(=O)=O)[N+](C)(C)C. The van der Waals surface area contributed by atoms with Gasteiger partial charge in [-0.1, -0.05) is 89.5 Å². The third-order valence-electron chi connectivity index (χ3n) is 7.15. The number of rotatable bonds is 23. The molecule has 1 atom stereocenters. The van der Waals surface area contributed by atoms with Crippen LogP contribution in [0.1, 0.15) is 136 Å². The molecule has 0 aromatic heterocycles. The highest BCUT2D eigenvalue weighted by molar-refractivity contribution is 7.32. The van der Waals surface area contributed by atoms with E-state index < -0.39 is 13.0 Å². The molecule has 0 aromatic rings. The molecule has 0 amide bonds. The van der Waals surface area contributed by atoms with Crippen LogP contribution in [0.5, 0.6) is 0 Å². The van der Waals surface area contributed by atoms with E-state index in [-0.39, 0.29) is 0 Å². The summed E-state index contributed by atoms with van der Waals surface area (Å²) >= 11 is 0. The summed E-state index contributed by atoms with van der Waals surface area (Å²) in [5, 5.41) is -0.605. The van der Waals surface area contributed by atoms with E-state index in [1.54, 1.807) is 0 Å². The molecular weight excluding hydrogens is 425 g/mol. The Morgan fingerprint density at radius 1 is 0.576 bits per heavy atom. The molecular formula is C29H57NO2P+. The minimum absolute atomic E-state index is 0.506. The quantitative estimate of drug-likeness (QED) is 0.0628. The van der Waals surface area contributed by atoms with E-state index in [2.05, 4.69) is 31.2 Å². The summed E-state index contributed by atoms with van der Waals surface area (Å²) in [4.78, 5) is 0. The number of unbranched alkanes of at least 4 members (excludes halogenated alkanes) is 14. The van der Waals surface area contributed by atoms with Crippen LogP contribution in [0.4, 0.5) is 0 Å². The molecule has 0 aliphatic heterocycles. The third-order valence-corrected chi connectivity index (χ3v) is 8.97. The van der Waals surface area contributed by atoms with Gasteiger partial charge in [-0.25, -0.2) is 9.13 Å². The summed E-state index contributed by atoms with van der Waals surface area (Å²) in [5.41, 5.74) is 0. The average molecular weight is 483 g/mol. The molecule has 0 rings (SSSR count). The van der Waals surface area contributed by atoms with Gasteiger partial charge in [-0.15, -0.1) is 0 Å². The number of hydrogen-bond donors (Lipinski definition) is 0. The molecule has 0 aliphatic rings. The molecule has 1 unspecified atom stereocenters. The van der Waals surface area contributed by atoms with Crippen LogP contribution >= 0.6 is 7.68 Å². The first-order chi connectivity index (χ1) is 15.8. The van der Waals surface area contributed by atoms with Crippen LogP contribution in [0.3, 0.4) is 0 Å². The predicted octanol–water partition coefficient (Wildman–Crippen LogP) is 10.1. The monoisotopic (exact) mass is 482 g/mol. The van der Waals surface area contributed by atoms with E-state index in [4.69, 9.17) is 0 Å². The van der Waals surface area contributed by atoms with E-state index in [0.29, 0.717) is 10.9 Å². The van der Waals surface area contributed by atoms with Crippen LogP contribution in [0.2, 0.25) is 0 Å². The molecule has 0 heterocycles. The summed E-state index contributed by atoms with van der Waals surface area (Å²) in [5.74, 6) is 0. The van der Waals surface area contributed by atoms with Gasteiger partial charge in [-0.2, -0.15) is 0 Å². The molecule has 0 bridgehead atoms. The Hall–Kier alpha value is -0.660. The van der Waals surface area contributed by atoms with Gasteiger partial charge in [0.05, 0.1) is 21.1 Å². The Bertz CT molecular complexity index is 567. The van der Waals surface area contributed by atoms with Crippen LogP contribution in [-0.2, 0) is 9.13 Å². The van der Waals surface area contributed by atoms with Crippen molar-refractivity contribution in [2.45, 2.75) is 141 Å². The van der Waals surface area contributed by atoms with Gasteiger partial charge < -0.3 is 4.48 Å². The highest BCUT2D eigenvalue weighted by Gasteiger charge is 2.46. The molecule has 3 nitrogen and oxygen atoms in total. The van der Waals surface area contributed by atoms with Crippen molar-refractivity contribution < 1.29 is 13.6 Å². The normalized spacial score (nSPS) is 14.3. The molecule has 0 saturated heterocycles. The van der Waals surface area contributed by atoms with Crippen molar-refractivity contribution in [3.8, 4) is 0 Å². The minimum Gasteiger partial charge on any atom is -0.314 e. The Balaban J connectivity index is 3.57. The number of nitrogens with zero attached hydrogens (tertiary/aromatic N) is 1.